The summed E-state index contributed by atoms with van der Waals surface area (Å²) in [6, 6.07) is 0. The first-order chi connectivity index (χ1) is 24.6. The number of nitrogens with two attached hydrogens (primary N) is 1. The van der Waals surface area contributed by atoms with Crippen LogP contribution < -0.4 is 5.73 Å². The van der Waals surface area contributed by atoms with Crippen LogP contribution in [0.15, 0.2) is 48.6 Å². The van der Waals surface area contributed by atoms with E-state index in [9.17, 15) is 0 Å². The molecule has 1 rings (SSSR count). The molecule has 0 saturated carbocycles. The van der Waals surface area contributed by atoms with Crippen molar-refractivity contribution in [3.63, 3.8) is 0 Å². The lowest BCUT2D eigenvalue weighted by atomic mass is 9.78. The molecule has 0 bridgehead atoms. The van der Waals surface area contributed by atoms with Crippen LogP contribution in [-0.4, -0.2) is 43.2 Å². The van der Waals surface area contributed by atoms with Crippen molar-refractivity contribution < 1.29 is 9.47 Å². The summed E-state index contributed by atoms with van der Waals surface area (Å²) >= 11 is 0. The zero-order valence-electron chi connectivity index (χ0n) is 35.3. The lowest BCUT2D eigenvalue weighted by Gasteiger charge is -2.42. The largest absolute Gasteiger partial charge is 0.347 e. The molecule has 2 unspecified atom stereocenters. The van der Waals surface area contributed by atoms with Gasteiger partial charge in [-0.3, -0.25) is 4.90 Å². The lowest BCUT2D eigenvalue weighted by molar-refractivity contribution is -0.191. The average Bonchev–Trinajstić information content (AvgIpc) is 3.53. The first kappa shape index (κ1) is 47.8. The summed E-state index contributed by atoms with van der Waals surface area (Å²) in [5, 5.41) is 0. The molecule has 0 radical (unpaired) electrons. The highest BCUT2D eigenvalue weighted by atomic mass is 16.7. The second-order valence-electron chi connectivity index (χ2n) is 16.9. The van der Waals surface area contributed by atoms with Gasteiger partial charge in [0.05, 0.1) is 18.4 Å². The number of ether oxygens (including phenoxy) is 2. The number of hydrogen-bond donors (Lipinski definition) is 1. The standard InChI is InChI=1S/C47H88N2O2/c1-8-10-12-14-16-18-20-22-24-26-28-30-32-34-36-38-40-47(50-42-44(51-47)45(3,4)43-46(5,48)49(6)7)41-39-37-35-33-31-29-27-25-23-21-19-17-15-13-11-9-2/h16-19,22-25,44H,8-15,20-21,26-43,48H2,1-7H3/b18-16-,19-17-,24-22-,25-23-. The topological polar surface area (TPSA) is 47.7 Å². The zero-order valence-corrected chi connectivity index (χ0v) is 35.3. The van der Waals surface area contributed by atoms with Gasteiger partial charge >= 0.3 is 0 Å². The van der Waals surface area contributed by atoms with E-state index in [1.54, 1.807) is 0 Å². The van der Waals surface area contributed by atoms with Gasteiger partial charge in [0.25, 0.3) is 0 Å². The number of allylic oxidation sites excluding steroid dienone is 8. The summed E-state index contributed by atoms with van der Waals surface area (Å²) in [5.74, 6) is -0.421. The fraction of sp³-hybridized carbons (Fsp3) is 0.830. The normalized spacial score (nSPS) is 18.1. The van der Waals surface area contributed by atoms with E-state index in [1.807, 2.05) is 0 Å². The van der Waals surface area contributed by atoms with Gasteiger partial charge in [-0.1, -0.05) is 153 Å². The molecule has 0 amide bonds. The average molecular weight is 713 g/mol. The molecule has 1 fully saturated rings. The van der Waals surface area contributed by atoms with Gasteiger partial charge in [-0.25, -0.2) is 0 Å². The fourth-order valence-electron chi connectivity index (χ4n) is 7.29. The predicted molar refractivity (Wildman–Crippen MR) is 226 cm³/mol. The van der Waals surface area contributed by atoms with Crippen LogP contribution in [0.3, 0.4) is 0 Å². The van der Waals surface area contributed by atoms with Crippen molar-refractivity contribution in [2.45, 2.75) is 226 Å². The van der Waals surface area contributed by atoms with E-state index in [1.165, 1.54) is 141 Å². The SMILES string of the molecule is CCCCC/C=C\C/C=C\CCCCCCCCC1(CCCCCCCC/C=C\C/C=C\CCCCC)OCC(C(C)(C)CC(C)(N)N(C)C)O1. The third-order valence-electron chi connectivity index (χ3n) is 11.1. The molecule has 4 heteroatoms. The monoisotopic (exact) mass is 713 g/mol. The van der Waals surface area contributed by atoms with Crippen LogP contribution in [0.5, 0.6) is 0 Å². The Balaban J connectivity index is 2.40. The molecule has 0 spiro atoms. The van der Waals surface area contributed by atoms with Gasteiger partial charge in [0.15, 0.2) is 5.79 Å². The molecule has 1 saturated heterocycles. The molecule has 51 heavy (non-hydrogen) atoms. The Bertz CT molecular complexity index is 867. The van der Waals surface area contributed by atoms with Crippen LogP contribution >= 0.6 is 0 Å². The maximum atomic E-state index is 6.97. The molecule has 2 N–H and O–H groups in total. The Morgan fingerprint density at radius 3 is 1.33 bits per heavy atom. The predicted octanol–water partition coefficient (Wildman–Crippen LogP) is 14.2. The van der Waals surface area contributed by atoms with Crippen molar-refractivity contribution in [3.05, 3.63) is 48.6 Å². The van der Waals surface area contributed by atoms with Crippen LogP contribution in [0.2, 0.25) is 0 Å². The van der Waals surface area contributed by atoms with E-state index < -0.39 is 5.79 Å². The minimum atomic E-state index is -0.421. The van der Waals surface area contributed by atoms with Crippen LogP contribution in [0.4, 0.5) is 0 Å². The minimum absolute atomic E-state index is 0.0613. The second kappa shape index (κ2) is 30.2. The molecular formula is C47H88N2O2. The molecule has 1 aliphatic heterocycles. The Kier molecular flexibility index (Phi) is 28.3. The number of unbranched alkanes of at least 4 members (excludes halogenated alkanes) is 18. The van der Waals surface area contributed by atoms with Gasteiger partial charge in [0.1, 0.15) is 0 Å². The summed E-state index contributed by atoms with van der Waals surface area (Å²) in [4.78, 5) is 2.13. The third kappa shape index (κ3) is 24.7. The van der Waals surface area contributed by atoms with Gasteiger partial charge in [-0.15, -0.1) is 0 Å². The van der Waals surface area contributed by atoms with Crippen molar-refractivity contribution in [3.8, 4) is 0 Å². The molecule has 4 nitrogen and oxygen atoms in total. The molecule has 0 aromatic carbocycles. The number of rotatable bonds is 34. The lowest BCUT2D eigenvalue weighted by Crippen LogP contribution is -2.54. The molecule has 0 aromatic rings. The van der Waals surface area contributed by atoms with Crippen LogP contribution in [0, 0.1) is 5.41 Å². The van der Waals surface area contributed by atoms with Crippen molar-refractivity contribution >= 4 is 0 Å². The maximum absolute atomic E-state index is 6.97. The van der Waals surface area contributed by atoms with Gasteiger partial charge < -0.3 is 15.2 Å². The minimum Gasteiger partial charge on any atom is -0.347 e. The van der Waals surface area contributed by atoms with E-state index >= 15 is 0 Å². The highest BCUT2D eigenvalue weighted by molar-refractivity contribution is 4.95. The summed E-state index contributed by atoms with van der Waals surface area (Å²) in [6.07, 6.45) is 52.4. The van der Waals surface area contributed by atoms with Gasteiger partial charge in [0.2, 0.25) is 0 Å². The fourth-order valence-corrected chi connectivity index (χ4v) is 7.29. The number of hydrogen-bond acceptors (Lipinski definition) is 4. The second-order valence-corrected chi connectivity index (χ2v) is 16.9. The van der Waals surface area contributed by atoms with Crippen LogP contribution in [-0.2, 0) is 9.47 Å². The highest BCUT2D eigenvalue weighted by Crippen LogP contribution is 2.43. The molecule has 2 atom stereocenters. The molecule has 1 heterocycles. The molecule has 0 aliphatic carbocycles. The Morgan fingerprint density at radius 2 is 0.941 bits per heavy atom. The number of nitrogens with zero attached hydrogens (tertiary/aromatic N) is 1. The van der Waals surface area contributed by atoms with Gasteiger partial charge in [-0.2, -0.15) is 0 Å². The molecule has 1 aliphatic rings. The quantitative estimate of drug-likeness (QED) is 0.0410. The zero-order chi connectivity index (χ0) is 37.5. The van der Waals surface area contributed by atoms with Crippen molar-refractivity contribution in [1.82, 2.24) is 4.90 Å². The van der Waals surface area contributed by atoms with Crippen molar-refractivity contribution in [2.75, 3.05) is 20.7 Å². The highest BCUT2D eigenvalue weighted by Gasteiger charge is 2.48. The smallest absolute Gasteiger partial charge is 0.168 e. The summed E-state index contributed by atoms with van der Waals surface area (Å²) < 4.78 is 13.6. The van der Waals surface area contributed by atoms with E-state index in [-0.39, 0.29) is 17.2 Å². The van der Waals surface area contributed by atoms with Gasteiger partial charge in [-0.05, 0) is 110 Å². The van der Waals surface area contributed by atoms with E-state index in [0.717, 1.165) is 32.1 Å². The van der Waals surface area contributed by atoms with Crippen LogP contribution in [0.1, 0.15) is 208 Å². The first-order valence-electron chi connectivity index (χ1n) is 22.0. The maximum Gasteiger partial charge on any atom is 0.168 e. The summed E-state index contributed by atoms with van der Waals surface area (Å²) in [5.41, 5.74) is 6.27. The van der Waals surface area contributed by atoms with Crippen molar-refractivity contribution in [2.24, 2.45) is 11.1 Å². The van der Waals surface area contributed by atoms with E-state index in [4.69, 9.17) is 15.2 Å². The Morgan fingerprint density at radius 1 is 0.569 bits per heavy atom. The van der Waals surface area contributed by atoms with Crippen LogP contribution in [0.25, 0.3) is 0 Å². The summed E-state index contributed by atoms with van der Waals surface area (Å²) in [6.45, 7) is 12.0. The molecule has 298 valence electrons. The van der Waals surface area contributed by atoms with E-state index in [0.29, 0.717) is 6.61 Å². The first-order valence-corrected chi connectivity index (χ1v) is 22.0. The molecular weight excluding hydrogens is 625 g/mol. The summed E-state index contributed by atoms with van der Waals surface area (Å²) in [7, 11) is 4.15. The molecule has 0 aromatic heterocycles. The Hall–Kier alpha value is -1.20. The van der Waals surface area contributed by atoms with Crippen molar-refractivity contribution in [1.29, 1.82) is 0 Å². The van der Waals surface area contributed by atoms with E-state index in [2.05, 4.69) is 102 Å². The third-order valence-corrected chi connectivity index (χ3v) is 11.1. The van der Waals surface area contributed by atoms with Gasteiger partial charge in [0, 0.05) is 12.8 Å². The Labute approximate surface area is 319 Å².